The fraction of sp³-hybridized carbons (Fsp3) is 0.348. The molecule has 1 unspecified atom stereocenters. The lowest BCUT2D eigenvalue weighted by molar-refractivity contribution is -0.135. The van der Waals surface area contributed by atoms with Gasteiger partial charge >= 0.3 is 0 Å². The van der Waals surface area contributed by atoms with Gasteiger partial charge in [-0.05, 0) is 37.0 Å². The summed E-state index contributed by atoms with van der Waals surface area (Å²) in [7, 11) is 0. The molecule has 6 nitrogen and oxygen atoms in total. The third-order valence-corrected chi connectivity index (χ3v) is 5.39. The average Bonchev–Trinajstić information content (AvgIpc) is 3.37. The van der Waals surface area contributed by atoms with E-state index in [0.717, 1.165) is 48.7 Å². The largest absolute Gasteiger partial charge is 0.367 e. The number of hydrogen-bond acceptors (Lipinski definition) is 4. The summed E-state index contributed by atoms with van der Waals surface area (Å²) in [5.41, 5.74) is 3.22. The topological polar surface area (TPSA) is 60.2 Å². The average molecular weight is 390 g/mol. The van der Waals surface area contributed by atoms with Crippen molar-refractivity contribution in [1.82, 2.24) is 19.4 Å². The summed E-state index contributed by atoms with van der Waals surface area (Å²) in [5, 5.41) is 0. The zero-order valence-corrected chi connectivity index (χ0v) is 16.7. The van der Waals surface area contributed by atoms with Gasteiger partial charge in [-0.25, -0.2) is 4.98 Å². The number of carbonyl (C=O) groups excluding carboxylic acids is 1. The lowest BCUT2D eigenvalue weighted by atomic mass is 10.1. The minimum Gasteiger partial charge on any atom is -0.367 e. The van der Waals surface area contributed by atoms with Crippen molar-refractivity contribution >= 4 is 5.91 Å². The van der Waals surface area contributed by atoms with E-state index in [2.05, 4.69) is 21.5 Å². The van der Waals surface area contributed by atoms with Crippen LogP contribution < -0.4 is 0 Å². The van der Waals surface area contributed by atoms with Crippen molar-refractivity contribution in [3.8, 4) is 11.4 Å². The number of pyridine rings is 1. The minimum atomic E-state index is 0.0678. The fourth-order valence-electron chi connectivity index (χ4n) is 3.80. The molecule has 0 radical (unpaired) electrons. The monoisotopic (exact) mass is 390 g/mol. The number of benzene rings is 1. The smallest absolute Gasteiger partial charge is 0.248 e. The van der Waals surface area contributed by atoms with Gasteiger partial charge in [0.15, 0.2) is 0 Å². The summed E-state index contributed by atoms with van der Waals surface area (Å²) < 4.78 is 7.86. The van der Waals surface area contributed by atoms with Gasteiger partial charge in [0.05, 0.1) is 6.61 Å². The maximum Gasteiger partial charge on any atom is 0.248 e. The van der Waals surface area contributed by atoms with E-state index in [1.54, 1.807) is 6.20 Å². The molecule has 0 spiro atoms. The van der Waals surface area contributed by atoms with Gasteiger partial charge in [0, 0.05) is 49.5 Å². The van der Waals surface area contributed by atoms with Gasteiger partial charge in [-0.3, -0.25) is 9.78 Å². The van der Waals surface area contributed by atoms with Crippen LogP contribution in [0, 0.1) is 12.8 Å². The van der Waals surface area contributed by atoms with E-state index in [0.29, 0.717) is 12.5 Å². The van der Waals surface area contributed by atoms with Crippen LogP contribution in [0.25, 0.3) is 11.4 Å². The Morgan fingerprint density at radius 3 is 2.83 bits per heavy atom. The Kier molecular flexibility index (Phi) is 6.00. The number of amides is 1. The van der Waals surface area contributed by atoms with E-state index < -0.39 is 0 Å². The molecule has 150 valence electrons. The van der Waals surface area contributed by atoms with Crippen molar-refractivity contribution in [2.45, 2.75) is 26.5 Å². The molecular weight excluding hydrogens is 364 g/mol. The molecule has 1 aromatic carbocycles. The molecule has 1 aliphatic rings. The first-order valence-corrected chi connectivity index (χ1v) is 10.0. The number of likely N-dealkylation sites (tertiary alicyclic amines) is 1. The minimum absolute atomic E-state index is 0.0678. The second-order valence-corrected chi connectivity index (χ2v) is 7.55. The van der Waals surface area contributed by atoms with E-state index in [-0.39, 0.29) is 12.5 Å². The summed E-state index contributed by atoms with van der Waals surface area (Å²) in [6.07, 6.45) is 6.50. The first-order valence-electron chi connectivity index (χ1n) is 10.0. The Bertz CT molecular complexity index is 940. The highest BCUT2D eigenvalue weighted by atomic mass is 16.5. The number of rotatable bonds is 7. The molecule has 4 rings (SSSR count). The van der Waals surface area contributed by atoms with Crippen molar-refractivity contribution in [3.05, 3.63) is 72.3 Å². The second kappa shape index (κ2) is 9.01. The molecule has 1 amide bonds. The van der Waals surface area contributed by atoms with Gasteiger partial charge < -0.3 is 14.2 Å². The molecule has 1 aliphatic heterocycles. The van der Waals surface area contributed by atoms with Crippen LogP contribution in [0.1, 0.15) is 17.7 Å². The van der Waals surface area contributed by atoms with E-state index >= 15 is 0 Å². The lowest BCUT2D eigenvalue weighted by Gasteiger charge is -2.18. The zero-order valence-electron chi connectivity index (χ0n) is 16.7. The van der Waals surface area contributed by atoms with Gasteiger partial charge in [-0.1, -0.05) is 30.3 Å². The standard InChI is InChI=1S/C23H26N4O2/c1-18-12-25-23(21-8-5-10-24-13-21)27(18)15-20-9-11-26(14-20)22(28)17-29-16-19-6-3-2-4-7-19/h2-8,10,12-13,20H,9,11,14-17H2,1H3. The van der Waals surface area contributed by atoms with Gasteiger partial charge in [0.25, 0.3) is 0 Å². The van der Waals surface area contributed by atoms with Crippen LogP contribution in [0.15, 0.2) is 61.1 Å². The van der Waals surface area contributed by atoms with Crippen LogP contribution in [-0.2, 0) is 22.7 Å². The van der Waals surface area contributed by atoms with E-state index in [9.17, 15) is 4.79 Å². The Morgan fingerprint density at radius 1 is 1.17 bits per heavy atom. The van der Waals surface area contributed by atoms with Crippen LogP contribution >= 0.6 is 0 Å². The summed E-state index contributed by atoms with van der Waals surface area (Å²) in [4.78, 5) is 23.2. The van der Waals surface area contributed by atoms with Crippen LogP contribution in [0.3, 0.4) is 0 Å². The maximum absolute atomic E-state index is 12.5. The molecule has 1 atom stereocenters. The number of carbonyl (C=O) groups is 1. The number of nitrogens with zero attached hydrogens (tertiary/aromatic N) is 4. The fourth-order valence-corrected chi connectivity index (χ4v) is 3.80. The first kappa shape index (κ1) is 19.3. The van der Waals surface area contributed by atoms with Crippen molar-refractivity contribution in [2.24, 2.45) is 5.92 Å². The van der Waals surface area contributed by atoms with Gasteiger partial charge in [-0.2, -0.15) is 0 Å². The molecule has 1 saturated heterocycles. The van der Waals surface area contributed by atoms with Crippen LogP contribution in [0.5, 0.6) is 0 Å². The molecule has 6 heteroatoms. The first-order chi connectivity index (χ1) is 14.2. The molecule has 1 fully saturated rings. The molecule has 0 saturated carbocycles. The number of hydrogen-bond donors (Lipinski definition) is 0. The molecule has 3 heterocycles. The Morgan fingerprint density at radius 2 is 2.03 bits per heavy atom. The molecule has 2 aromatic heterocycles. The summed E-state index contributed by atoms with van der Waals surface area (Å²) in [6, 6.07) is 13.9. The van der Waals surface area contributed by atoms with Gasteiger partial charge in [-0.15, -0.1) is 0 Å². The summed E-state index contributed by atoms with van der Waals surface area (Å²) >= 11 is 0. The summed E-state index contributed by atoms with van der Waals surface area (Å²) in [6.45, 7) is 5.07. The van der Waals surface area contributed by atoms with Crippen molar-refractivity contribution < 1.29 is 9.53 Å². The van der Waals surface area contributed by atoms with Crippen LogP contribution in [-0.4, -0.2) is 45.0 Å². The molecule has 0 bridgehead atoms. The zero-order chi connectivity index (χ0) is 20.1. The quantitative estimate of drug-likeness (QED) is 0.621. The predicted octanol–water partition coefficient (Wildman–Crippen LogP) is 3.32. The molecule has 29 heavy (non-hydrogen) atoms. The Balaban J connectivity index is 1.31. The van der Waals surface area contributed by atoms with Crippen LogP contribution in [0.2, 0.25) is 0 Å². The van der Waals surface area contributed by atoms with Gasteiger partial charge in [0.1, 0.15) is 12.4 Å². The number of imidazole rings is 1. The third-order valence-electron chi connectivity index (χ3n) is 5.39. The molecule has 3 aromatic rings. The van der Waals surface area contributed by atoms with Crippen LogP contribution in [0.4, 0.5) is 0 Å². The number of aromatic nitrogens is 3. The highest BCUT2D eigenvalue weighted by Crippen LogP contribution is 2.24. The summed E-state index contributed by atoms with van der Waals surface area (Å²) in [5.74, 6) is 1.42. The third kappa shape index (κ3) is 4.71. The van der Waals surface area contributed by atoms with Gasteiger partial charge in [0.2, 0.25) is 5.91 Å². The van der Waals surface area contributed by atoms with E-state index in [1.807, 2.05) is 59.8 Å². The molecule has 0 aliphatic carbocycles. The normalized spacial score (nSPS) is 16.3. The Hall–Kier alpha value is -2.99. The SMILES string of the molecule is Cc1cnc(-c2cccnc2)n1CC1CCN(C(=O)COCc2ccccc2)C1. The lowest BCUT2D eigenvalue weighted by Crippen LogP contribution is -2.32. The predicted molar refractivity (Wildman–Crippen MR) is 111 cm³/mol. The molecular formula is C23H26N4O2. The van der Waals surface area contributed by atoms with E-state index in [1.165, 1.54) is 0 Å². The Labute approximate surface area is 171 Å². The number of aryl methyl sites for hydroxylation is 1. The van der Waals surface area contributed by atoms with Crippen molar-refractivity contribution in [1.29, 1.82) is 0 Å². The van der Waals surface area contributed by atoms with E-state index in [4.69, 9.17) is 4.74 Å². The van der Waals surface area contributed by atoms with Crippen molar-refractivity contribution in [2.75, 3.05) is 19.7 Å². The highest BCUT2D eigenvalue weighted by Gasteiger charge is 2.27. The number of ether oxygens (including phenoxy) is 1. The molecule has 0 N–H and O–H groups in total. The second-order valence-electron chi connectivity index (χ2n) is 7.55. The highest BCUT2D eigenvalue weighted by molar-refractivity contribution is 5.77. The van der Waals surface area contributed by atoms with Crippen molar-refractivity contribution in [3.63, 3.8) is 0 Å². The maximum atomic E-state index is 12.5.